The van der Waals surface area contributed by atoms with Gasteiger partial charge in [-0.25, -0.2) is 35.1 Å². The molecule has 0 aliphatic carbocycles. The topological polar surface area (TPSA) is 229 Å². The van der Waals surface area contributed by atoms with Gasteiger partial charge in [0.05, 0.1) is 17.9 Å². The summed E-state index contributed by atoms with van der Waals surface area (Å²) in [6.07, 6.45) is -3.17. The number of carboxylic acid groups (broad SMARTS) is 1. The van der Waals surface area contributed by atoms with Gasteiger partial charge in [0.25, 0.3) is 0 Å². The summed E-state index contributed by atoms with van der Waals surface area (Å²) in [6.45, 7) is 16.2. The maximum atomic E-state index is 13.2. The van der Waals surface area contributed by atoms with Crippen LogP contribution in [0.3, 0.4) is 0 Å². The van der Waals surface area contributed by atoms with E-state index in [0.717, 1.165) is 22.3 Å². The number of esters is 3. The van der Waals surface area contributed by atoms with Crippen molar-refractivity contribution < 1.29 is 90.4 Å². The van der Waals surface area contributed by atoms with E-state index >= 15 is 0 Å². The molecule has 6 atom stereocenters. The molecule has 8 aromatic rings. The molecule has 22 heteroatoms. The molecule has 0 unspecified atom stereocenters. The normalized spacial score (nSPS) is 12.5. The highest BCUT2D eigenvalue weighted by Gasteiger charge is 2.41. The molecule has 8 rings (SSSR count). The molecule has 0 saturated carbocycles. The second kappa shape index (κ2) is 44.0. The van der Waals surface area contributed by atoms with Crippen LogP contribution in [-0.2, 0) is 44.6 Å². The second-order valence-corrected chi connectivity index (χ2v) is 23.0. The predicted octanol–water partition coefficient (Wildman–Crippen LogP) is 17.1. The number of aliphatic hydroxyl groups excluding tert-OH is 1. The molecule has 0 heterocycles. The lowest BCUT2D eigenvalue weighted by Gasteiger charge is -2.35. The zero-order valence-electron chi connectivity index (χ0n) is 55.5. The van der Waals surface area contributed by atoms with E-state index < -0.39 is 94.8 Å². The number of hydrogen-bond donors (Lipinski definition) is 6. The van der Waals surface area contributed by atoms with Crippen LogP contribution in [0.2, 0.25) is 0 Å². The summed E-state index contributed by atoms with van der Waals surface area (Å²) < 4.78 is 121. The molecule has 0 saturated heterocycles. The molecule has 0 amide bonds. The highest BCUT2D eigenvalue weighted by atomic mass is 127. The minimum absolute atomic E-state index is 0. The number of carbonyl (C=O) groups excluding carboxylic acids is 3. The molecule has 0 aliphatic rings. The van der Waals surface area contributed by atoms with E-state index in [2.05, 4.69) is 0 Å². The molecule has 550 valence electrons. The van der Waals surface area contributed by atoms with Crippen molar-refractivity contribution in [2.45, 2.75) is 151 Å². The van der Waals surface area contributed by atoms with Crippen LogP contribution < -0.4 is 11.5 Å². The highest BCUT2D eigenvalue weighted by molar-refractivity contribution is 14.0. The standard InChI is InChI=1S/C19H20F2O3.2C18H19F2NO2.C15H14F2O2.C4H8O2.3CH4.CH3.HI.H2/c1-12(2)18(22)24-13(3)19(23,14-4-8-16(20)9-5-14)15-6-10-17(21)11-7-15;2*1-11(21)18(22)23-12(2)17(13-3-7-15(19)8-4-13)14-5-9-16(20)10-6-14;1-10(18)15(19,11-2-6-13(16)7-3-11)12-4-8-14(17)9-5-12;1-3(2)4(5)6;;;;;;/h4-13,23H,1-3H3;2*3-12,17H,21H2,1-2H3;2-10,18-19H,1H3;3H,1-2H3,(H,5,6);3*1H4;1H3;2*1H/q;;;;;;;;-1;;/t13-;2*11-,12-;10-;;;;;;;/m0000......./s1. The second-order valence-electron chi connectivity index (χ2n) is 23.0. The maximum Gasteiger partial charge on any atom is 0.322 e. The maximum absolute atomic E-state index is 13.2. The minimum Gasteiger partial charge on any atom is -0.481 e. The SMILES string of the molecule is C.C.C.CC(C)C(=O)O.CC(C)C(=O)O[C@@H](C)C(O)(c1ccc(F)cc1)c1ccc(F)cc1.C[C@H](N)C(=O)O[C@@H](C)C(c1ccc(F)cc1)c1ccc(F)cc1.C[C@H](N)C(=O)O[C@@H](C)C(c1ccc(F)cc1)c1ccc(F)cc1.C[C@H](O)C(O)(c1ccc(F)cc1)c1ccc(F)cc1.I.[CH3-].[HH]. The number of benzene rings is 8. The molecule has 0 aromatic heterocycles. The Morgan fingerprint density at radius 2 is 0.550 bits per heavy atom. The van der Waals surface area contributed by atoms with Crippen molar-refractivity contribution in [2.24, 2.45) is 23.3 Å². The largest absolute Gasteiger partial charge is 0.481 e. The average molecular weight is 1520 g/mol. The van der Waals surface area contributed by atoms with Crippen LogP contribution in [0, 0.1) is 65.8 Å². The highest BCUT2D eigenvalue weighted by Crippen LogP contribution is 2.37. The van der Waals surface area contributed by atoms with E-state index in [4.69, 9.17) is 30.8 Å². The number of nitrogens with two attached hydrogens (primary N) is 2. The minimum atomic E-state index is -1.73. The number of ether oxygens (including phenoxy) is 3. The third kappa shape index (κ3) is 27.6. The molecular weight excluding hydrogens is 1420 g/mol. The Hall–Kier alpha value is -8.39. The van der Waals surface area contributed by atoms with Crippen LogP contribution in [0.1, 0.15) is 149 Å². The Morgan fingerprint density at radius 1 is 0.360 bits per heavy atom. The van der Waals surface area contributed by atoms with E-state index in [1.807, 2.05) is 0 Å². The molecule has 100 heavy (non-hydrogen) atoms. The zero-order chi connectivity index (χ0) is 71.1. The van der Waals surface area contributed by atoms with Crippen molar-refractivity contribution in [3.05, 3.63) is 293 Å². The molecule has 8 N–H and O–H groups in total. The molecule has 0 radical (unpaired) electrons. The van der Waals surface area contributed by atoms with Crippen molar-refractivity contribution >= 4 is 47.9 Å². The van der Waals surface area contributed by atoms with Gasteiger partial charge in [-0.2, -0.15) is 0 Å². The Kier molecular flexibility index (Phi) is 41.2. The van der Waals surface area contributed by atoms with Crippen molar-refractivity contribution in [3.63, 3.8) is 0 Å². The van der Waals surface area contributed by atoms with Crippen molar-refractivity contribution in [3.8, 4) is 0 Å². The number of aliphatic carboxylic acids is 1. The first-order valence-corrected chi connectivity index (χ1v) is 30.1. The van der Waals surface area contributed by atoms with E-state index in [9.17, 15) is 69.6 Å². The summed E-state index contributed by atoms with van der Waals surface area (Å²) in [6, 6.07) is 43.1. The van der Waals surface area contributed by atoms with Crippen molar-refractivity contribution in [1.29, 1.82) is 0 Å². The first kappa shape index (κ1) is 93.7. The average Bonchev–Trinajstić information content (AvgIpc) is 0.783. The van der Waals surface area contributed by atoms with Gasteiger partial charge < -0.3 is 53.5 Å². The van der Waals surface area contributed by atoms with E-state index in [1.54, 1.807) is 111 Å². The van der Waals surface area contributed by atoms with Crippen LogP contribution in [0.5, 0.6) is 0 Å². The van der Waals surface area contributed by atoms with Crippen LogP contribution >= 0.6 is 24.0 Å². The molecular formula is C78H98F8IN2O11-. The quantitative estimate of drug-likeness (QED) is 0.0146. The Morgan fingerprint density at radius 3 is 0.720 bits per heavy atom. The number of carboxylic acids is 1. The van der Waals surface area contributed by atoms with Crippen LogP contribution in [0.25, 0.3) is 0 Å². The smallest absolute Gasteiger partial charge is 0.322 e. The third-order valence-electron chi connectivity index (χ3n) is 14.8. The lowest BCUT2D eigenvalue weighted by atomic mass is 9.82. The van der Waals surface area contributed by atoms with E-state index in [1.165, 1.54) is 153 Å². The fourth-order valence-electron chi connectivity index (χ4n) is 9.36. The van der Waals surface area contributed by atoms with Gasteiger partial charge in [-0.3, -0.25) is 19.2 Å². The lowest BCUT2D eigenvalue weighted by molar-refractivity contribution is -0.164. The summed E-state index contributed by atoms with van der Waals surface area (Å²) in [7, 11) is 0. The van der Waals surface area contributed by atoms with Gasteiger partial charge in [-0.1, -0.05) is 147 Å². The van der Waals surface area contributed by atoms with Crippen molar-refractivity contribution in [1.82, 2.24) is 0 Å². The number of hydrogen-bond acceptors (Lipinski definition) is 12. The summed E-state index contributed by atoms with van der Waals surface area (Å²) in [4.78, 5) is 45.1. The van der Waals surface area contributed by atoms with Crippen molar-refractivity contribution in [2.75, 3.05) is 0 Å². The predicted molar refractivity (Wildman–Crippen MR) is 388 cm³/mol. The third-order valence-corrected chi connectivity index (χ3v) is 14.8. The first-order valence-electron chi connectivity index (χ1n) is 30.1. The Labute approximate surface area is 602 Å². The summed E-state index contributed by atoms with van der Waals surface area (Å²) in [5.74, 6) is -6.73. The number of aliphatic hydroxyl groups is 3. The van der Waals surface area contributed by atoms with Gasteiger partial charge in [-0.05, 0) is 183 Å². The van der Waals surface area contributed by atoms with Gasteiger partial charge in [0.15, 0.2) is 5.60 Å². The first-order chi connectivity index (χ1) is 44.6. The lowest BCUT2D eigenvalue weighted by Crippen LogP contribution is -2.42. The molecule has 8 aromatic carbocycles. The summed E-state index contributed by atoms with van der Waals surface area (Å²) >= 11 is 0. The zero-order valence-corrected chi connectivity index (χ0v) is 57.8. The summed E-state index contributed by atoms with van der Waals surface area (Å²) in [5, 5.41) is 39.9. The molecule has 0 bridgehead atoms. The van der Waals surface area contributed by atoms with Crippen LogP contribution in [-0.4, -0.2) is 80.8 Å². The Balaban J connectivity index is -0.00000121. The fraction of sp³-hybridized carbons (Fsp3) is 0.321. The monoisotopic (exact) mass is 1520 g/mol. The van der Waals surface area contributed by atoms with Crippen LogP contribution in [0.15, 0.2) is 194 Å². The fourth-order valence-corrected chi connectivity index (χ4v) is 9.36. The number of halogens is 9. The van der Waals surface area contributed by atoms with Gasteiger partial charge >= 0.3 is 23.9 Å². The molecule has 0 spiro atoms. The summed E-state index contributed by atoms with van der Waals surface area (Å²) in [5.41, 5.74) is 12.1. The van der Waals surface area contributed by atoms with Gasteiger partial charge in [0.1, 0.15) is 82.5 Å². The Bertz CT molecular complexity index is 3370. The molecule has 0 fully saturated rings. The van der Waals surface area contributed by atoms with Gasteiger partial charge in [0.2, 0.25) is 0 Å². The molecule has 13 nitrogen and oxygen atoms in total. The molecule has 0 aliphatic heterocycles. The number of carbonyl (C=O) groups is 4. The van der Waals surface area contributed by atoms with Gasteiger partial charge in [-0.15, -0.1) is 24.0 Å². The number of rotatable bonds is 19. The van der Waals surface area contributed by atoms with Crippen LogP contribution in [0.4, 0.5) is 35.1 Å². The van der Waals surface area contributed by atoms with E-state index in [-0.39, 0.29) is 102 Å². The van der Waals surface area contributed by atoms with E-state index in [0.29, 0.717) is 22.3 Å². The van der Waals surface area contributed by atoms with Gasteiger partial charge in [0, 0.05) is 13.3 Å².